The number of hydrogen-bond acceptors (Lipinski definition) is 4. The van der Waals surface area contributed by atoms with Gasteiger partial charge < -0.3 is 5.32 Å². The molecule has 1 N–H and O–H groups in total. The Bertz CT molecular complexity index is 456. The van der Waals surface area contributed by atoms with Crippen LogP contribution < -0.4 is 5.32 Å². The third kappa shape index (κ3) is 3.92. The van der Waals surface area contributed by atoms with Gasteiger partial charge in [0.05, 0.1) is 5.69 Å². The molecule has 0 fully saturated rings. The molecule has 4 heteroatoms. The molecule has 0 radical (unpaired) electrons. The minimum absolute atomic E-state index is 0.786. The molecule has 0 aromatic carbocycles. The van der Waals surface area contributed by atoms with Gasteiger partial charge in [0.25, 0.3) is 0 Å². The molecule has 0 spiro atoms. The zero-order valence-corrected chi connectivity index (χ0v) is 9.93. The number of aryl methyl sites for hydroxylation is 1. The van der Waals surface area contributed by atoms with Crippen LogP contribution in [0.2, 0.25) is 0 Å². The van der Waals surface area contributed by atoms with E-state index in [1.165, 1.54) is 5.56 Å². The fraction of sp³-hybridized carbons (Fsp3) is 0.308. The highest BCUT2D eigenvalue weighted by Gasteiger charge is 1.96. The molecular weight excluding hydrogens is 212 g/mol. The fourth-order valence-electron chi connectivity index (χ4n) is 1.60. The normalized spacial score (nSPS) is 10.4. The van der Waals surface area contributed by atoms with Crippen molar-refractivity contribution >= 4 is 0 Å². The van der Waals surface area contributed by atoms with Crippen LogP contribution >= 0.6 is 0 Å². The number of pyridine rings is 1. The topological polar surface area (TPSA) is 50.7 Å². The largest absolute Gasteiger partial charge is 0.311 e. The molecule has 0 bridgehead atoms. The number of rotatable bonds is 5. The first kappa shape index (κ1) is 11.7. The Morgan fingerprint density at radius 1 is 1.12 bits per heavy atom. The number of nitrogens with one attached hydrogen (secondary N) is 1. The van der Waals surface area contributed by atoms with Gasteiger partial charge >= 0.3 is 0 Å². The van der Waals surface area contributed by atoms with Gasteiger partial charge in [-0.3, -0.25) is 4.98 Å². The van der Waals surface area contributed by atoms with E-state index >= 15 is 0 Å². The second-order valence-corrected chi connectivity index (χ2v) is 3.88. The molecule has 2 aromatic rings. The summed E-state index contributed by atoms with van der Waals surface area (Å²) in [6, 6.07) is 6.01. The minimum Gasteiger partial charge on any atom is -0.311 e. The van der Waals surface area contributed by atoms with Gasteiger partial charge in [-0.1, -0.05) is 0 Å². The quantitative estimate of drug-likeness (QED) is 0.788. The van der Waals surface area contributed by atoms with Crippen LogP contribution in [-0.4, -0.2) is 21.5 Å². The molecule has 0 atom stereocenters. The average molecular weight is 228 g/mol. The molecule has 88 valence electrons. The SMILES string of the molecule is Cc1nccc(CNCCc2ccncc2)n1. The van der Waals surface area contributed by atoms with Crippen LogP contribution in [0.1, 0.15) is 17.1 Å². The standard InChI is InChI=1S/C13H16N4/c1-11-16-9-5-13(17-11)10-15-8-4-12-2-6-14-7-3-12/h2-3,5-7,9,15H,4,8,10H2,1H3. The maximum Gasteiger partial charge on any atom is 0.125 e. The molecule has 2 rings (SSSR count). The lowest BCUT2D eigenvalue weighted by Crippen LogP contribution is -2.17. The number of aromatic nitrogens is 3. The van der Waals surface area contributed by atoms with E-state index in [1.54, 1.807) is 6.20 Å². The summed E-state index contributed by atoms with van der Waals surface area (Å²) in [6.45, 7) is 3.63. The smallest absolute Gasteiger partial charge is 0.125 e. The summed E-state index contributed by atoms with van der Waals surface area (Å²) in [5.74, 6) is 0.818. The van der Waals surface area contributed by atoms with Crippen LogP contribution in [0.5, 0.6) is 0 Å². The molecule has 4 nitrogen and oxygen atoms in total. The molecular formula is C13H16N4. The highest BCUT2D eigenvalue weighted by Crippen LogP contribution is 1.97. The van der Waals surface area contributed by atoms with Crippen molar-refractivity contribution in [1.29, 1.82) is 0 Å². The van der Waals surface area contributed by atoms with Crippen molar-refractivity contribution in [3.63, 3.8) is 0 Å². The Kier molecular flexibility index (Phi) is 4.16. The zero-order valence-electron chi connectivity index (χ0n) is 9.93. The predicted octanol–water partition coefficient (Wildman–Crippen LogP) is 1.51. The van der Waals surface area contributed by atoms with E-state index in [0.29, 0.717) is 0 Å². The Balaban J connectivity index is 1.73. The Hall–Kier alpha value is -1.81. The Morgan fingerprint density at radius 3 is 2.71 bits per heavy atom. The average Bonchev–Trinajstić information content (AvgIpc) is 2.36. The first-order chi connectivity index (χ1) is 8.34. The van der Waals surface area contributed by atoms with Crippen molar-refractivity contribution in [2.24, 2.45) is 0 Å². The van der Waals surface area contributed by atoms with E-state index < -0.39 is 0 Å². The third-order valence-corrected chi connectivity index (χ3v) is 2.48. The lowest BCUT2D eigenvalue weighted by molar-refractivity contribution is 0.670. The summed E-state index contributed by atoms with van der Waals surface area (Å²) < 4.78 is 0. The highest BCUT2D eigenvalue weighted by molar-refractivity contribution is 5.10. The minimum atomic E-state index is 0.786. The maximum atomic E-state index is 4.33. The molecule has 2 heterocycles. The summed E-state index contributed by atoms with van der Waals surface area (Å²) in [5.41, 5.74) is 2.33. The van der Waals surface area contributed by atoms with Crippen molar-refractivity contribution < 1.29 is 0 Å². The second kappa shape index (κ2) is 6.06. The highest BCUT2D eigenvalue weighted by atomic mass is 14.9. The van der Waals surface area contributed by atoms with Crippen molar-refractivity contribution in [3.8, 4) is 0 Å². The number of hydrogen-bond donors (Lipinski definition) is 1. The molecule has 0 amide bonds. The lowest BCUT2D eigenvalue weighted by Gasteiger charge is -2.04. The second-order valence-electron chi connectivity index (χ2n) is 3.88. The monoisotopic (exact) mass is 228 g/mol. The first-order valence-corrected chi connectivity index (χ1v) is 5.73. The van der Waals surface area contributed by atoms with Crippen LogP contribution in [0.4, 0.5) is 0 Å². The van der Waals surface area contributed by atoms with Crippen LogP contribution in [-0.2, 0) is 13.0 Å². The Morgan fingerprint density at radius 2 is 1.94 bits per heavy atom. The summed E-state index contributed by atoms with van der Waals surface area (Å²) in [6.07, 6.45) is 6.45. The van der Waals surface area contributed by atoms with Crippen molar-refractivity contribution in [1.82, 2.24) is 20.3 Å². The van der Waals surface area contributed by atoms with E-state index in [2.05, 4.69) is 20.3 Å². The van der Waals surface area contributed by atoms with Crippen LogP contribution in [0.25, 0.3) is 0 Å². The molecule has 0 aliphatic carbocycles. The van der Waals surface area contributed by atoms with Gasteiger partial charge in [0.2, 0.25) is 0 Å². The zero-order chi connectivity index (χ0) is 11.9. The summed E-state index contributed by atoms with van der Waals surface area (Å²) in [7, 11) is 0. The van der Waals surface area contributed by atoms with E-state index in [9.17, 15) is 0 Å². The summed E-state index contributed by atoms with van der Waals surface area (Å²) in [4.78, 5) is 12.4. The van der Waals surface area contributed by atoms with Gasteiger partial charge in [-0.25, -0.2) is 9.97 Å². The van der Waals surface area contributed by atoms with Gasteiger partial charge in [0, 0.05) is 25.1 Å². The molecule has 0 saturated carbocycles. The van der Waals surface area contributed by atoms with Crippen LogP contribution in [0.15, 0.2) is 36.8 Å². The molecule has 2 aromatic heterocycles. The van der Waals surface area contributed by atoms with Gasteiger partial charge in [0.15, 0.2) is 0 Å². The fourth-order valence-corrected chi connectivity index (χ4v) is 1.60. The predicted molar refractivity (Wildman–Crippen MR) is 66.4 cm³/mol. The van der Waals surface area contributed by atoms with E-state index in [4.69, 9.17) is 0 Å². The Labute approximate surface area is 101 Å². The molecule has 0 saturated heterocycles. The van der Waals surface area contributed by atoms with Crippen LogP contribution in [0, 0.1) is 6.92 Å². The van der Waals surface area contributed by atoms with Gasteiger partial charge in [-0.2, -0.15) is 0 Å². The van der Waals surface area contributed by atoms with Crippen molar-refractivity contribution in [3.05, 3.63) is 53.9 Å². The lowest BCUT2D eigenvalue weighted by atomic mass is 10.2. The molecule has 17 heavy (non-hydrogen) atoms. The third-order valence-electron chi connectivity index (χ3n) is 2.48. The summed E-state index contributed by atoms with van der Waals surface area (Å²) >= 11 is 0. The van der Waals surface area contributed by atoms with E-state index in [0.717, 1.165) is 31.0 Å². The molecule has 0 aliphatic heterocycles. The molecule has 0 aliphatic rings. The van der Waals surface area contributed by atoms with E-state index in [-0.39, 0.29) is 0 Å². The van der Waals surface area contributed by atoms with Crippen molar-refractivity contribution in [2.45, 2.75) is 19.9 Å². The van der Waals surface area contributed by atoms with Gasteiger partial charge in [-0.15, -0.1) is 0 Å². The molecule has 0 unspecified atom stereocenters. The van der Waals surface area contributed by atoms with Crippen LogP contribution in [0.3, 0.4) is 0 Å². The van der Waals surface area contributed by atoms with Gasteiger partial charge in [0.1, 0.15) is 5.82 Å². The first-order valence-electron chi connectivity index (χ1n) is 5.73. The van der Waals surface area contributed by atoms with Crippen molar-refractivity contribution in [2.75, 3.05) is 6.54 Å². The van der Waals surface area contributed by atoms with Gasteiger partial charge in [-0.05, 0) is 43.7 Å². The van der Waals surface area contributed by atoms with E-state index in [1.807, 2.05) is 37.5 Å². The maximum absolute atomic E-state index is 4.33. The number of nitrogens with zero attached hydrogens (tertiary/aromatic N) is 3. The summed E-state index contributed by atoms with van der Waals surface area (Å²) in [5, 5.41) is 3.37.